The molecular weight excluding hydrogens is 430 g/mol. The van der Waals surface area contributed by atoms with Gasteiger partial charge in [-0.15, -0.1) is 0 Å². The molecule has 34 heavy (non-hydrogen) atoms. The van der Waals surface area contributed by atoms with Gasteiger partial charge >= 0.3 is 5.97 Å². The van der Waals surface area contributed by atoms with Gasteiger partial charge in [-0.25, -0.2) is 4.79 Å². The summed E-state index contributed by atoms with van der Waals surface area (Å²) in [5, 5.41) is 11.4. The number of allylic oxidation sites excluding steroid dienone is 1. The number of ether oxygens (including phenoxy) is 3. The first-order chi connectivity index (χ1) is 16.4. The number of carbonyl (C=O) groups excluding carboxylic acids is 1. The number of methoxy groups -OCH3 is 1. The van der Waals surface area contributed by atoms with Crippen LogP contribution in [0.4, 0.5) is 0 Å². The molecule has 3 fully saturated rings. The Morgan fingerprint density at radius 1 is 1.24 bits per heavy atom. The number of rotatable bonds is 4. The number of carbonyl (C=O) groups is 1. The van der Waals surface area contributed by atoms with Gasteiger partial charge in [-0.1, -0.05) is 44.8 Å². The molecule has 2 aliphatic carbocycles. The molecule has 6 atom stereocenters. The van der Waals surface area contributed by atoms with Gasteiger partial charge in [-0.2, -0.15) is 0 Å². The average Bonchev–Trinajstić information content (AvgIpc) is 3.47. The van der Waals surface area contributed by atoms with Crippen LogP contribution < -0.4 is 0 Å². The molecule has 0 amide bonds. The summed E-state index contributed by atoms with van der Waals surface area (Å²) < 4.78 is 17.7. The highest BCUT2D eigenvalue weighted by molar-refractivity contribution is 5.93. The summed E-state index contributed by atoms with van der Waals surface area (Å²) in [6.07, 6.45) is 16.0. The smallest absolute Gasteiger partial charge is 0.343 e. The quantitative estimate of drug-likeness (QED) is 0.482. The topological polar surface area (TPSA) is 68.2 Å². The van der Waals surface area contributed by atoms with Crippen molar-refractivity contribution < 1.29 is 24.1 Å². The van der Waals surface area contributed by atoms with Crippen molar-refractivity contribution in [2.75, 3.05) is 13.7 Å². The van der Waals surface area contributed by atoms with Crippen LogP contribution in [0.15, 0.2) is 46.8 Å². The zero-order valence-corrected chi connectivity index (χ0v) is 20.6. The maximum absolute atomic E-state index is 12.3. The van der Waals surface area contributed by atoms with Gasteiger partial charge in [0.25, 0.3) is 0 Å². The van der Waals surface area contributed by atoms with E-state index in [1.165, 1.54) is 25.7 Å². The van der Waals surface area contributed by atoms with Crippen LogP contribution in [0.5, 0.6) is 0 Å². The van der Waals surface area contributed by atoms with E-state index >= 15 is 0 Å². The molecule has 5 heterocycles. The molecule has 2 saturated heterocycles. The third kappa shape index (κ3) is 3.25. The number of cyclic esters (lactones) is 1. The van der Waals surface area contributed by atoms with Crippen LogP contribution in [-0.2, 0) is 19.0 Å². The standard InChI is InChI=1S/C28H37NO5/c1-16-23-22(33-25(16)26-24(32-3)17(2)27(31)34-26)14-19-10-12-28(23)11-6-9-20(29(28)15-19)21(30)13-18-7-4-5-8-18/h10,12,14,16,18-21,23,30H,4-9,11,13,15H2,1-3H3/t16-,19-,20-,21-,23-,28+/m0/s1. The molecule has 2 bridgehead atoms. The van der Waals surface area contributed by atoms with Crippen LogP contribution >= 0.6 is 0 Å². The summed E-state index contributed by atoms with van der Waals surface area (Å²) in [6.45, 7) is 4.84. The molecule has 1 spiro atoms. The number of aliphatic hydroxyl groups is 1. The van der Waals surface area contributed by atoms with Crippen LogP contribution in [-0.4, -0.2) is 47.3 Å². The van der Waals surface area contributed by atoms with Crippen molar-refractivity contribution in [2.45, 2.75) is 82.9 Å². The van der Waals surface area contributed by atoms with E-state index < -0.39 is 0 Å². The first-order valence-electron chi connectivity index (χ1n) is 13.2. The molecule has 0 aromatic heterocycles. The van der Waals surface area contributed by atoms with E-state index in [0.717, 1.165) is 38.0 Å². The predicted molar refractivity (Wildman–Crippen MR) is 127 cm³/mol. The Morgan fingerprint density at radius 2 is 2.03 bits per heavy atom. The lowest BCUT2D eigenvalue weighted by Crippen LogP contribution is -2.64. The van der Waals surface area contributed by atoms with Crippen LogP contribution in [0.3, 0.4) is 0 Å². The van der Waals surface area contributed by atoms with E-state index in [-0.39, 0.29) is 41.4 Å². The maximum atomic E-state index is 12.3. The zero-order chi connectivity index (χ0) is 23.6. The van der Waals surface area contributed by atoms with E-state index in [1.54, 1.807) is 14.0 Å². The van der Waals surface area contributed by atoms with Crippen molar-refractivity contribution >= 4 is 5.97 Å². The molecule has 1 saturated carbocycles. The van der Waals surface area contributed by atoms with Crippen LogP contribution in [0.2, 0.25) is 0 Å². The van der Waals surface area contributed by atoms with Gasteiger partial charge in [-0.05, 0) is 44.6 Å². The molecule has 0 unspecified atom stereocenters. The summed E-state index contributed by atoms with van der Waals surface area (Å²) in [5.41, 5.74) is 0.296. The lowest BCUT2D eigenvalue weighted by Gasteiger charge is -2.56. The number of hydrogen-bond acceptors (Lipinski definition) is 6. The summed E-state index contributed by atoms with van der Waals surface area (Å²) in [5.74, 6) is 3.30. The fraction of sp³-hybridized carbons (Fsp3) is 0.679. The zero-order valence-electron chi connectivity index (χ0n) is 20.6. The summed E-state index contributed by atoms with van der Waals surface area (Å²) >= 11 is 0. The number of hydrogen-bond donors (Lipinski definition) is 1. The summed E-state index contributed by atoms with van der Waals surface area (Å²) in [7, 11) is 1.57. The van der Waals surface area contributed by atoms with E-state index in [4.69, 9.17) is 14.2 Å². The minimum absolute atomic E-state index is 0.0276. The predicted octanol–water partition coefficient (Wildman–Crippen LogP) is 4.58. The van der Waals surface area contributed by atoms with Gasteiger partial charge in [-0.3, -0.25) is 4.90 Å². The van der Waals surface area contributed by atoms with Gasteiger partial charge < -0.3 is 19.3 Å². The highest BCUT2D eigenvalue weighted by Gasteiger charge is 2.59. The Labute approximate surface area is 202 Å². The van der Waals surface area contributed by atoms with Crippen molar-refractivity contribution in [1.82, 2.24) is 4.90 Å². The molecule has 0 aromatic carbocycles. The van der Waals surface area contributed by atoms with Gasteiger partial charge in [0, 0.05) is 30.3 Å². The molecular formula is C28H37NO5. The lowest BCUT2D eigenvalue weighted by atomic mass is 9.67. The van der Waals surface area contributed by atoms with E-state index in [9.17, 15) is 9.90 Å². The Morgan fingerprint density at radius 3 is 2.79 bits per heavy atom. The van der Waals surface area contributed by atoms with Crippen molar-refractivity contribution in [3.8, 4) is 0 Å². The minimum Gasteiger partial charge on any atom is -0.492 e. The monoisotopic (exact) mass is 467 g/mol. The Kier molecular flexibility index (Phi) is 5.45. The molecule has 0 radical (unpaired) electrons. The maximum Gasteiger partial charge on any atom is 0.343 e. The fourth-order valence-electron chi connectivity index (χ4n) is 7.80. The third-order valence-electron chi connectivity index (χ3n) is 9.39. The SMILES string of the molecule is COC1=C(C)C(=O)OC1=C1OC2=C[C@@H]3C=C[C@]4(CCC[C@@H]([C@@H](O)CC5CCCC5)N4C3)[C@H]2[C@@H]1C. The molecule has 7 rings (SSSR count). The molecule has 6 heteroatoms. The number of aliphatic hydroxyl groups excluding tert-OH is 1. The Bertz CT molecular complexity index is 1000. The van der Waals surface area contributed by atoms with Gasteiger partial charge in [0.05, 0.1) is 24.3 Å². The normalized spacial score (nSPS) is 40.6. The molecule has 184 valence electrons. The van der Waals surface area contributed by atoms with Crippen molar-refractivity contribution in [2.24, 2.45) is 23.7 Å². The highest BCUT2D eigenvalue weighted by Crippen LogP contribution is 2.57. The minimum atomic E-state index is -0.370. The molecule has 6 nitrogen and oxygen atoms in total. The van der Waals surface area contributed by atoms with Crippen molar-refractivity contribution in [3.63, 3.8) is 0 Å². The number of esters is 1. The van der Waals surface area contributed by atoms with Gasteiger partial charge in [0.1, 0.15) is 5.76 Å². The molecule has 1 N–H and O–H groups in total. The molecule has 7 aliphatic rings. The highest BCUT2D eigenvalue weighted by atomic mass is 16.6. The van der Waals surface area contributed by atoms with Crippen LogP contribution in [0, 0.1) is 23.7 Å². The fourth-order valence-corrected chi connectivity index (χ4v) is 7.80. The number of nitrogens with zero attached hydrogens (tertiary/aromatic N) is 1. The van der Waals surface area contributed by atoms with Crippen LogP contribution in [0.25, 0.3) is 0 Å². The third-order valence-corrected chi connectivity index (χ3v) is 9.39. The van der Waals surface area contributed by atoms with Gasteiger partial charge in [0.15, 0.2) is 11.5 Å². The largest absolute Gasteiger partial charge is 0.492 e. The lowest BCUT2D eigenvalue weighted by molar-refractivity contribution is -0.133. The second kappa shape index (κ2) is 8.27. The number of piperidine rings is 1. The summed E-state index contributed by atoms with van der Waals surface area (Å²) in [6, 6.07) is 0.180. The first kappa shape index (κ1) is 22.4. The second-order valence-electron chi connectivity index (χ2n) is 11.3. The molecule has 5 aliphatic heterocycles. The second-order valence-corrected chi connectivity index (χ2v) is 11.3. The Balaban J connectivity index is 1.35. The van der Waals surface area contributed by atoms with E-state index in [2.05, 4.69) is 30.1 Å². The van der Waals surface area contributed by atoms with E-state index in [1.807, 2.05) is 0 Å². The Hall–Kier alpha value is -2.05. The average molecular weight is 468 g/mol. The van der Waals surface area contributed by atoms with Crippen molar-refractivity contribution in [1.29, 1.82) is 0 Å². The van der Waals surface area contributed by atoms with Gasteiger partial charge in [0.2, 0.25) is 5.76 Å². The summed E-state index contributed by atoms with van der Waals surface area (Å²) in [4.78, 5) is 14.9. The first-order valence-corrected chi connectivity index (χ1v) is 13.2. The van der Waals surface area contributed by atoms with E-state index in [0.29, 0.717) is 28.8 Å². The molecule has 0 aromatic rings. The van der Waals surface area contributed by atoms with Crippen LogP contribution in [0.1, 0.15) is 65.2 Å². The van der Waals surface area contributed by atoms with Crippen molar-refractivity contribution in [3.05, 3.63) is 46.8 Å².